The number of aliphatic hydroxyl groups excluding tert-OH is 1. The minimum atomic E-state index is -4.78. The van der Waals surface area contributed by atoms with Gasteiger partial charge in [0.25, 0.3) is 0 Å². The number of aliphatic hydroxyl groups is 1. The summed E-state index contributed by atoms with van der Waals surface area (Å²) in [6.07, 6.45) is 67.1. The first-order chi connectivity index (χ1) is 37.2. The Morgan fingerprint density at radius 1 is 0.395 bits per heavy atom. The Bertz CT molecular complexity index is 1600. The summed E-state index contributed by atoms with van der Waals surface area (Å²) in [4.78, 5) is 48.6. The van der Waals surface area contributed by atoms with Gasteiger partial charge in [-0.05, 0) is 77.0 Å². The molecule has 0 fully saturated rings. The van der Waals surface area contributed by atoms with Crippen LogP contribution in [0.4, 0.5) is 0 Å². The number of unbranched alkanes of at least 4 members (excludes halogenated alkanes) is 26. The van der Waals surface area contributed by atoms with Crippen molar-refractivity contribution >= 4 is 25.7 Å². The van der Waals surface area contributed by atoms with Crippen molar-refractivity contribution in [1.29, 1.82) is 0 Å². The molecule has 3 unspecified atom stereocenters. The van der Waals surface area contributed by atoms with Crippen molar-refractivity contribution in [3.05, 3.63) is 85.1 Å². The summed E-state index contributed by atoms with van der Waals surface area (Å²) in [5.41, 5.74) is 0. The fourth-order valence-corrected chi connectivity index (χ4v) is 9.01. The summed E-state index contributed by atoms with van der Waals surface area (Å²) in [5, 5.41) is 9.80. The van der Waals surface area contributed by atoms with Gasteiger partial charge in [0.1, 0.15) is 12.7 Å². The number of esters is 3. The summed E-state index contributed by atoms with van der Waals surface area (Å²) in [6.45, 7) is 4.41. The lowest BCUT2D eigenvalue weighted by Crippen LogP contribution is -2.30. The topological polar surface area (TPSA) is 155 Å². The van der Waals surface area contributed by atoms with Gasteiger partial charge in [-0.3, -0.25) is 23.4 Å². The standard InChI is InChI=1S/C64H111O11P/c1-4-7-10-13-16-19-22-25-28-29-30-31-34-37-40-43-46-49-52-55-64(68)75-61(57-71-62(66)53-50-47-44-41-38-35-32-26-23-20-17-14-11-8-5-2)59-73-76(69,70)72-58-60(56-65)74-63(67)54-51-48-45-42-39-36-33-27-24-21-18-15-12-9-6-3/h9,12,17-18,20-21,26-27,32-33,39,42,48,51,60-61,65H,4-8,10-11,13-16,19,22-25,28-31,34-38,40-41,43-47,49-50,52-59H2,1-3H3,(H,69,70)/b12-9-,20-17-,21-18-,32-26-,33-27-,42-39-,51-48-. The molecule has 0 aromatic heterocycles. The third-order valence-electron chi connectivity index (χ3n) is 12.8. The van der Waals surface area contributed by atoms with Crippen molar-refractivity contribution in [3.63, 3.8) is 0 Å². The first-order valence-electron chi connectivity index (χ1n) is 30.5. The molecule has 0 amide bonds. The third-order valence-corrected chi connectivity index (χ3v) is 13.8. The van der Waals surface area contributed by atoms with Gasteiger partial charge in [-0.15, -0.1) is 0 Å². The number of carbonyl (C=O) groups is 3. The molecule has 0 spiro atoms. The summed E-state index contributed by atoms with van der Waals surface area (Å²) in [7, 11) is -4.78. The highest BCUT2D eigenvalue weighted by atomic mass is 31.2. The highest BCUT2D eigenvalue weighted by Gasteiger charge is 2.28. The molecule has 0 aromatic carbocycles. The monoisotopic (exact) mass is 1090 g/mol. The fourth-order valence-electron chi connectivity index (χ4n) is 8.23. The number of rotatable bonds is 56. The molecule has 0 aliphatic carbocycles. The van der Waals surface area contributed by atoms with Crippen LogP contribution in [-0.4, -0.2) is 66.5 Å². The van der Waals surface area contributed by atoms with Gasteiger partial charge in [0.15, 0.2) is 6.10 Å². The zero-order valence-corrected chi connectivity index (χ0v) is 49.3. The summed E-state index contributed by atoms with van der Waals surface area (Å²) in [5.74, 6) is -1.61. The molecule has 76 heavy (non-hydrogen) atoms. The smallest absolute Gasteiger partial charge is 0.462 e. The molecular formula is C64H111O11P. The van der Waals surface area contributed by atoms with E-state index in [0.29, 0.717) is 19.3 Å². The Balaban J connectivity index is 4.78. The van der Waals surface area contributed by atoms with E-state index in [1.54, 1.807) is 6.08 Å². The van der Waals surface area contributed by atoms with Crippen LogP contribution in [0.15, 0.2) is 85.1 Å². The van der Waals surface area contributed by atoms with Gasteiger partial charge in [-0.2, -0.15) is 0 Å². The van der Waals surface area contributed by atoms with Crippen LogP contribution in [0.2, 0.25) is 0 Å². The van der Waals surface area contributed by atoms with Gasteiger partial charge >= 0.3 is 25.7 Å². The molecule has 11 nitrogen and oxygen atoms in total. The highest BCUT2D eigenvalue weighted by molar-refractivity contribution is 7.47. The van der Waals surface area contributed by atoms with Gasteiger partial charge in [-0.1, -0.05) is 254 Å². The Hall–Kier alpha value is -3.34. The van der Waals surface area contributed by atoms with Gasteiger partial charge in [-0.25, -0.2) is 4.57 Å². The molecule has 0 heterocycles. The second-order valence-corrected chi connectivity index (χ2v) is 21.6. The number of allylic oxidation sites excluding steroid dienone is 13. The molecule has 0 radical (unpaired) electrons. The Kier molecular flexibility index (Phi) is 55.3. The van der Waals surface area contributed by atoms with E-state index in [-0.39, 0.29) is 25.9 Å². The third kappa shape index (κ3) is 55.4. The van der Waals surface area contributed by atoms with Crippen LogP contribution in [-0.2, 0) is 42.2 Å². The van der Waals surface area contributed by atoms with Gasteiger partial charge in [0, 0.05) is 12.8 Å². The maximum atomic E-state index is 12.9. The van der Waals surface area contributed by atoms with Crippen LogP contribution in [0, 0.1) is 0 Å². The van der Waals surface area contributed by atoms with Crippen LogP contribution in [0.3, 0.4) is 0 Å². The quantitative estimate of drug-likeness (QED) is 0.0197. The van der Waals surface area contributed by atoms with Crippen LogP contribution in [0.5, 0.6) is 0 Å². The Labute approximate surface area is 464 Å². The van der Waals surface area contributed by atoms with Crippen LogP contribution in [0.25, 0.3) is 0 Å². The average Bonchev–Trinajstić information content (AvgIpc) is 3.41. The fraction of sp³-hybridized carbons (Fsp3) is 0.734. The molecule has 12 heteroatoms. The van der Waals surface area contributed by atoms with E-state index in [4.69, 9.17) is 23.3 Å². The van der Waals surface area contributed by atoms with E-state index in [2.05, 4.69) is 81.5 Å². The summed E-state index contributed by atoms with van der Waals surface area (Å²) in [6, 6.07) is 0. The number of carbonyl (C=O) groups excluding carboxylic acids is 3. The minimum Gasteiger partial charge on any atom is -0.462 e. The van der Waals surface area contributed by atoms with E-state index in [9.17, 15) is 28.9 Å². The normalized spacial score (nSPS) is 13.9. The van der Waals surface area contributed by atoms with Crippen molar-refractivity contribution in [3.8, 4) is 0 Å². The maximum absolute atomic E-state index is 12.9. The summed E-state index contributed by atoms with van der Waals surface area (Å²) >= 11 is 0. The number of phosphoric ester groups is 1. The molecule has 0 saturated carbocycles. The molecule has 0 rings (SSSR count). The lowest BCUT2D eigenvalue weighted by Gasteiger charge is -2.21. The molecule has 3 atom stereocenters. The SMILES string of the molecule is CC/C=C\C/C=C\C/C=C\C/C=C\C/C=C\CC(=O)OC(CO)COP(=O)(O)OCC(COC(=O)CCCCCCC/C=C\C/C=C\CCCCC)OC(=O)CCCCCCCCCCCCCCCCCCCCC. The maximum Gasteiger partial charge on any atom is 0.472 e. The molecule has 0 saturated heterocycles. The van der Waals surface area contributed by atoms with Gasteiger partial charge in [0.2, 0.25) is 0 Å². The van der Waals surface area contributed by atoms with Crippen molar-refractivity contribution in [2.75, 3.05) is 26.4 Å². The van der Waals surface area contributed by atoms with Crippen molar-refractivity contribution in [1.82, 2.24) is 0 Å². The van der Waals surface area contributed by atoms with Crippen LogP contribution in [0.1, 0.15) is 265 Å². The second kappa shape index (κ2) is 57.8. The predicted octanol–water partition coefficient (Wildman–Crippen LogP) is 18.3. The average molecular weight is 1090 g/mol. The number of hydrogen-bond donors (Lipinski definition) is 2. The van der Waals surface area contributed by atoms with Gasteiger partial charge in [0.05, 0.1) is 26.2 Å². The number of hydrogen-bond acceptors (Lipinski definition) is 10. The number of phosphoric acid groups is 1. The largest absolute Gasteiger partial charge is 0.472 e. The Morgan fingerprint density at radius 3 is 1.18 bits per heavy atom. The minimum absolute atomic E-state index is 0.0574. The molecule has 0 aliphatic rings. The zero-order valence-electron chi connectivity index (χ0n) is 48.5. The van der Waals surface area contributed by atoms with Crippen LogP contribution >= 0.6 is 7.82 Å². The zero-order chi connectivity index (χ0) is 55.5. The van der Waals surface area contributed by atoms with E-state index in [0.717, 1.165) is 89.9 Å². The molecule has 438 valence electrons. The van der Waals surface area contributed by atoms with E-state index < -0.39 is 57.8 Å². The second-order valence-electron chi connectivity index (χ2n) is 20.2. The van der Waals surface area contributed by atoms with E-state index in [1.807, 2.05) is 18.2 Å². The molecule has 0 bridgehead atoms. The lowest BCUT2D eigenvalue weighted by atomic mass is 10.0. The van der Waals surface area contributed by atoms with Crippen molar-refractivity contribution < 1.29 is 52.2 Å². The van der Waals surface area contributed by atoms with Crippen molar-refractivity contribution in [2.45, 2.75) is 277 Å². The Morgan fingerprint density at radius 2 is 0.737 bits per heavy atom. The highest BCUT2D eigenvalue weighted by Crippen LogP contribution is 2.43. The molecule has 0 aromatic rings. The summed E-state index contributed by atoms with van der Waals surface area (Å²) < 4.78 is 39.5. The van der Waals surface area contributed by atoms with E-state index in [1.165, 1.54) is 116 Å². The van der Waals surface area contributed by atoms with Crippen molar-refractivity contribution in [2.24, 2.45) is 0 Å². The molecular weight excluding hydrogens is 976 g/mol. The first-order valence-corrected chi connectivity index (χ1v) is 32.0. The predicted molar refractivity (Wildman–Crippen MR) is 316 cm³/mol. The lowest BCUT2D eigenvalue weighted by molar-refractivity contribution is -0.161. The molecule has 2 N–H and O–H groups in total. The number of ether oxygens (including phenoxy) is 3. The first kappa shape index (κ1) is 72.7. The molecule has 0 aliphatic heterocycles. The van der Waals surface area contributed by atoms with E-state index >= 15 is 0 Å². The van der Waals surface area contributed by atoms with Gasteiger partial charge < -0.3 is 24.2 Å². The van der Waals surface area contributed by atoms with Crippen LogP contribution < -0.4 is 0 Å².